The molecule has 2 aliphatic carbocycles. The highest BCUT2D eigenvalue weighted by molar-refractivity contribution is 7.42. The number of hydrogen-bond acceptors (Lipinski definition) is 0. The molecule has 0 saturated heterocycles. The lowest BCUT2D eigenvalue weighted by Gasteiger charge is -2.45. The molecule has 0 amide bonds. The van der Waals surface area contributed by atoms with E-state index < -0.39 is 15.2 Å². The summed E-state index contributed by atoms with van der Waals surface area (Å²) in [7, 11) is -3.00. The van der Waals surface area contributed by atoms with Crippen molar-refractivity contribution in [2.24, 2.45) is 0 Å². The molecule has 2 aliphatic rings. The van der Waals surface area contributed by atoms with Gasteiger partial charge < -0.3 is 0 Å². The van der Waals surface area contributed by atoms with Crippen molar-refractivity contribution in [3.05, 3.63) is 102 Å². The van der Waals surface area contributed by atoms with Crippen LogP contribution in [-0.4, -0.2) is 15.2 Å². The fourth-order valence-electron chi connectivity index (χ4n) is 5.40. The van der Waals surface area contributed by atoms with Gasteiger partial charge in [0.25, 0.3) is 0 Å². The van der Waals surface area contributed by atoms with Crippen LogP contribution in [0.1, 0.15) is 16.7 Å². The van der Waals surface area contributed by atoms with E-state index in [1.165, 1.54) is 27.5 Å². The summed E-state index contributed by atoms with van der Waals surface area (Å²) in [4.78, 5) is 0. The van der Waals surface area contributed by atoms with Gasteiger partial charge in [0.2, 0.25) is 0 Å². The van der Waals surface area contributed by atoms with Crippen LogP contribution in [0.4, 0.5) is 0 Å². The molecule has 2 heteroatoms. The van der Waals surface area contributed by atoms with Gasteiger partial charge >= 0.3 is 0 Å². The molecule has 1 unspecified atom stereocenters. The Labute approximate surface area is 182 Å². The number of hydrogen-bond donors (Lipinski definition) is 0. The molecule has 0 fully saturated rings. The lowest BCUT2D eigenvalue weighted by molar-refractivity contribution is 1.17. The molecule has 0 aromatic heterocycles. The molecule has 0 spiro atoms. The Morgan fingerprint density at radius 1 is 0.633 bits per heavy atom. The molecule has 3 aromatic carbocycles. The predicted molar refractivity (Wildman–Crippen MR) is 138 cm³/mol. The summed E-state index contributed by atoms with van der Waals surface area (Å²) < 4.78 is 0. The topological polar surface area (TPSA) is 0 Å². The van der Waals surface area contributed by atoms with E-state index in [1.54, 1.807) is 5.56 Å². The molecule has 0 radical (unpaired) electrons. The van der Waals surface area contributed by atoms with Crippen molar-refractivity contribution >= 4 is 32.0 Å². The molecule has 0 heterocycles. The molecule has 5 rings (SSSR count). The molecule has 0 N–H and O–H groups in total. The van der Waals surface area contributed by atoms with E-state index in [0.717, 1.165) is 0 Å². The molecule has 0 bridgehead atoms. The largest absolute Gasteiger partial charge is 0.0806 e. The van der Waals surface area contributed by atoms with Crippen LogP contribution >= 0.6 is 0 Å². The summed E-state index contributed by atoms with van der Waals surface area (Å²) in [5, 5.41) is 2.66. The van der Waals surface area contributed by atoms with Crippen molar-refractivity contribution in [3.63, 3.8) is 0 Å². The van der Waals surface area contributed by atoms with E-state index in [2.05, 4.69) is 123 Å². The molecule has 0 nitrogen and oxygen atoms in total. The number of benzene rings is 3. The molecule has 150 valence electrons. The maximum Gasteiger partial charge on any atom is 0.0548 e. The van der Waals surface area contributed by atoms with Crippen LogP contribution in [0.2, 0.25) is 31.7 Å². The minimum absolute atomic E-state index is 0.603. The van der Waals surface area contributed by atoms with Crippen LogP contribution in [0.3, 0.4) is 0 Å². The third-order valence-corrected chi connectivity index (χ3v) is 27.4. The molecular formula is C28H30Si2. The van der Waals surface area contributed by atoms with Gasteiger partial charge in [-0.15, -0.1) is 0 Å². The minimum Gasteiger partial charge on any atom is -0.0806 e. The summed E-state index contributed by atoms with van der Waals surface area (Å²) in [6.07, 6.45) is 14.4. The summed E-state index contributed by atoms with van der Waals surface area (Å²) in [6, 6.07) is 22.4. The third-order valence-electron chi connectivity index (χ3n) is 8.03. The van der Waals surface area contributed by atoms with Crippen molar-refractivity contribution in [2.75, 3.05) is 0 Å². The first-order valence-electron chi connectivity index (χ1n) is 11.1. The Balaban J connectivity index is 1.62. The first kappa shape index (κ1) is 19.5. The Bertz CT molecular complexity index is 1190. The predicted octanol–water partition coefficient (Wildman–Crippen LogP) is 8.15. The number of rotatable bonds is 4. The van der Waals surface area contributed by atoms with Crippen LogP contribution in [-0.2, 0) is 0 Å². The lowest BCUT2D eigenvalue weighted by Crippen LogP contribution is -2.60. The van der Waals surface area contributed by atoms with Gasteiger partial charge in [0.1, 0.15) is 0 Å². The fourth-order valence-corrected chi connectivity index (χ4v) is 16.2. The Morgan fingerprint density at radius 3 is 2.10 bits per heavy atom. The zero-order chi connectivity index (χ0) is 20.9. The van der Waals surface area contributed by atoms with E-state index in [4.69, 9.17) is 0 Å². The van der Waals surface area contributed by atoms with Gasteiger partial charge in [-0.2, -0.15) is 0 Å². The number of allylic oxidation sites excluding steroid dienone is 5. The fraction of sp³-hybridized carbons (Fsp3) is 0.214. The van der Waals surface area contributed by atoms with E-state index in [0.29, 0.717) is 11.1 Å². The van der Waals surface area contributed by atoms with Crippen molar-refractivity contribution in [3.8, 4) is 11.1 Å². The molecular weight excluding hydrogens is 392 g/mol. The van der Waals surface area contributed by atoms with E-state index >= 15 is 0 Å². The summed E-state index contributed by atoms with van der Waals surface area (Å²) in [6.45, 7) is 10.6. The average molecular weight is 423 g/mol. The summed E-state index contributed by atoms with van der Waals surface area (Å²) >= 11 is 0. The smallest absolute Gasteiger partial charge is 0.0548 e. The maximum atomic E-state index is 2.65. The molecule has 1 atom stereocenters. The zero-order valence-corrected chi connectivity index (χ0v) is 20.4. The first-order valence-corrected chi connectivity index (χ1v) is 18.2. The normalized spacial score (nSPS) is 18.5. The van der Waals surface area contributed by atoms with Gasteiger partial charge in [0, 0.05) is 0 Å². The second-order valence-electron chi connectivity index (χ2n) is 9.91. The Morgan fingerprint density at radius 2 is 1.30 bits per heavy atom. The molecule has 3 aromatic rings. The Hall–Kier alpha value is -2.43. The van der Waals surface area contributed by atoms with Gasteiger partial charge in [0.15, 0.2) is 0 Å². The first-order chi connectivity index (χ1) is 14.4. The highest BCUT2D eigenvalue weighted by Crippen LogP contribution is 2.48. The lowest BCUT2D eigenvalue weighted by atomic mass is 9.93. The van der Waals surface area contributed by atoms with Crippen LogP contribution in [0.5, 0.6) is 0 Å². The van der Waals surface area contributed by atoms with E-state index in [-0.39, 0.29) is 0 Å². The van der Waals surface area contributed by atoms with Crippen molar-refractivity contribution in [1.82, 2.24) is 0 Å². The van der Waals surface area contributed by atoms with Crippen LogP contribution in [0.25, 0.3) is 28.0 Å². The third kappa shape index (κ3) is 2.85. The van der Waals surface area contributed by atoms with Crippen molar-refractivity contribution in [1.29, 1.82) is 0 Å². The van der Waals surface area contributed by atoms with Crippen molar-refractivity contribution < 1.29 is 0 Å². The van der Waals surface area contributed by atoms with E-state index in [1.807, 2.05) is 0 Å². The highest BCUT2D eigenvalue weighted by atomic mass is 29.3. The van der Waals surface area contributed by atoms with Crippen LogP contribution in [0, 0.1) is 0 Å². The monoisotopic (exact) mass is 422 g/mol. The quantitative estimate of drug-likeness (QED) is 0.372. The van der Waals surface area contributed by atoms with Gasteiger partial charge in [-0.05, 0) is 44.1 Å². The SMILES string of the molecule is C[Si](C)(C1C=CC=C1)[Si](C)(C)C1C=Cc2c(-c3cccc4ccccc34)cccc21. The molecule has 0 saturated carbocycles. The summed E-state index contributed by atoms with van der Waals surface area (Å²) in [5.41, 5.74) is 7.02. The van der Waals surface area contributed by atoms with Crippen LogP contribution in [0.15, 0.2) is 91.0 Å². The van der Waals surface area contributed by atoms with Gasteiger partial charge in [-0.3, -0.25) is 0 Å². The van der Waals surface area contributed by atoms with Gasteiger partial charge in [-0.1, -0.05) is 123 Å². The zero-order valence-electron chi connectivity index (χ0n) is 18.4. The second-order valence-corrected chi connectivity index (χ2v) is 25.8. The van der Waals surface area contributed by atoms with Crippen LogP contribution < -0.4 is 0 Å². The van der Waals surface area contributed by atoms with Crippen molar-refractivity contribution in [2.45, 2.75) is 37.3 Å². The van der Waals surface area contributed by atoms with Gasteiger partial charge in [0.05, 0.1) is 15.2 Å². The summed E-state index contributed by atoms with van der Waals surface area (Å²) in [5.74, 6) is 0. The number of fused-ring (bicyclic) bond motifs is 2. The van der Waals surface area contributed by atoms with Gasteiger partial charge in [-0.25, -0.2) is 0 Å². The Kier molecular flexibility index (Phi) is 4.60. The maximum absolute atomic E-state index is 2.65. The van der Waals surface area contributed by atoms with E-state index in [9.17, 15) is 0 Å². The standard InChI is InChI=1S/C28H30Si2/c1-29(2,22-13-6-7-14-22)30(3,4)28-20-19-26-25(17-10-18-27(26)28)24-16-9-12-21-11-5-8-15-23(21)24/h5-20,22,28H,1-4H3. The molecule has 0 aliphatic heterocycles. The second kappa shape index (κ2) is 7.07. The average Bonchev–Trinajstić information content (AvgIpc) is 3.43. The minimum atomic E-state index is -1.54. The highest BCUT2D eigenvalue weighted by Gasteiger charge is 2.50. The molecule has 30 heavy (non-hydrogen) atoms.